The fourth-order valence-corrected chi connectivity index (χ4v) is 2.75. The van der Waals surface area contributed by atoms with E-state index in [4.69, 9.17) is 4.74 Å². The summed E-state index contributed by atoms with van der Waals surface area (Å²) >= 11 is 0. The fraction of sp³-hybridized carbons (Fsp3) is 0.412. The molecule has 6 heteroatoms. The molecule has 3 N–H and O–H groups in total. The van der Waals surface area contributed by atoms with Gasteiger partial charge in [0.05, 0.1) is 12.7 Å². The highest BCUT2D eigenvalue weighted by molar-refractivity contribution is 5.73. The summed E-state index contributed by atoms with van der Waals surface area (Å²) in [6.07, 6.45) is 4.50. The molecule has 1 aliphatic rings. The average molecular weight is 314 g/mol. The minimum absolute atomic E-state index is 0.0201. The number of aromatic nitrogens is 2. The lowest BCUT2D eigenvalue weighted by Crippen LogP contribution is -2.41. The minimum Gasteiger partial charge on any atom is -0.488 e. The molecule has 3 rings (SSSR count). The summed E-state index contributed by atoms with van der Waals surface area (Å²) in [6.45, 7) is 3.16. The normalized spacial score (nSPS) is 15.8. The SMILES string of the molecule is Cc1[nH]ncc1CCCNC(=O)NC[C@@H]1Cc2ccccc2O1. The van der Waals surface area contributed by atoms with E-state index in [1.54, 1.807) is 0 Å². The summed E-state index contributed by atoms with van der Waals surface area (Å²) in [4.78, 5) is 11.8. The van der Waals surface area contributed by atoms with Gasteiger partial charge in [0.25, 0.3) is 0 Å². The number of rotatable bonds is 6. The molecule has 0 bridgehead atoms. The Hall–Kier alpha value is -2.50. The number of H-pyrrole nitrogens is 1. The van der Waals surface area contributed by atoms with Crippen LogP contribution in [0.25, 0.3) is 0 Å². The van der Waals surface area contributed by atoms with Gasteiger partial charge in [0.15, 0.2) is 0 Å². The second-order valence-electron chi connectivity index (χ2n) is 5.81. The molecule has 2 amide bonds. The van der Waals surface area contributed by atoms with Gasteiger partial charge in [-0.25, -0.2) is 4.79 Å². The molecule has 1 aliphatic heterocycles. The first kappa shape index (κ1) is 15.4. The van der Waals surface area contributed by atoms with Crippen molar-refractivity contribution in [1.82, 2.24) is 20.8 Å². The molecule has 6 nitrogen and oxygen atoms in total. The second-order valence-corrected chi connectivity index (χ2v) is 5.81. The minimum atomic E-state index is -0.145. The summed E-state index contributed by atoms with van der Waals surface area (Å²) in [5.74, 6) is 0.926. The number of benzene rings is 1. The van der Waals surface area contributed by atoms with E-state index in [0.717, 1.165) is 30.7 Å². The quantitative estimate of drug-likeness (QED) is 0.713. The zero-order valence-corrected chi connectivity index (χ0v) is 13.3. The standard InChI is InChI=1S/C17H22N4O2/c1-12-14(10-20-21-12)6-4-8-18-17(22)19-11-15-9-13-5-2-3-7-16(13)23-15/h2-3,5,7,10,15H,4,6,8-9,11H2,1H3,(H,20,21)(H2,18,19,22)/t15-/m0/s1. The Bertz CT molecular complexity index is 643. The molecule has 0 aliphatic carbocycles. The van der Waals surface area contributed by atoms with Crippen molar-refractivity contribution in [2.75, 3.05) is 13.1 Å². The van der Waals surface area contributed by atoms with Crippen LogP contribution in [0.3, 0.4) is 0 Å². The van der Waals surface area contributed by atoms with Crippen LogP contribution in [0.2, 0.25) is 0 Å². The number of hydrogen-bond acceptors (Lipinski definition) is 3. The lowest BCUT2D eigenvalue weighted by Gasteiger charge is -2.12. The van der Waals surface area contributed by atoms with Gasteiger partial charge in [-0.1, -0.05) is 18.2 Å². The number of ether oxygens (including phenoxy) is 1. The molecule has 2 aromatic rings. The number of aromatic amines is 1. The third-order valence-electron chi connectivity index (χ3n) is 4.05. The van der Waals surface area contributed by atoms with Crippen LogP contribution < -0.4 is 15.4 Å². The summed E-state index contributed by atoms with van der Waals surface area (Å²) in [7, 11) is 0. The van der Waals surface area contributed by atoms with Crippen LogP contribution in [0.5, 0.6) is 5.75 Å². The molecule has 1 aromatic heterocycles. The van der Waals surface area contributed by atoms with Crippen molar-refractivity contribution < 1.29 is 9.53 Å². The topological polar surface area (TPSA) is 79.0 Å². The molecule has 0 fully saturated rings. The maximum atomic E-state index is 11.8. The van der Waals surface area contributed by atoms with Gasteiger partial charge >= 0.3 is 6.03 Å². The van der Waals surface area contributed by atoms with E-state index < -0.39 is 0 Å². The molecule has 0 unspecified atom stereocenters. The predicted octanol–water partition coefficient (Wildman–Crippen LogP) is 1.95. The van der Waals surface area contributed by atoms with Crippen molar-refractivity contribution in [3.05, 3.63) is 47.3 Å². The van der Waals surface area contributed by atoms with Crippen molar-refractivity contribution in [3.8, 4) is 5.75 Å². The predicted molar refractivity (Wildman–Crippen MR) is 87.6 cm³/mol. The number of urea groups is 1. The Labute approximate surface area is 135 Å². The van der Waals surface area contributed by atoms with E-state index in [1.165, 1.54) is 11.1 Å². The third kappa shape index (κ3) is 4.03. The molecule has 1 atom stereocenters. The molecular weight excluding hydrogens is 292 g/mol. The van der Waals surface area contributed by atoms with Gasteiger partial charge in [0.1, 0.15) is 11.9 Å². The first-order chi connectivity index (χ1) is 11.2. The number of carbonyl (C=O) groups is 1. The van der Waals surface area contributed by atoms with Gasteiger partial charge in [-0.05, 0) is 37.0 Å². The lowest BCUT2D eigenvalue weighted by molar-refractivity contribution is 0.214. The molecular formula is C17H22N4O2. The van der Waals surface area contributed by atoms with E-state index in [-0.39, 0.29) is 12.1 Å². The van der Waals surface area contributed by atoms with E-state index in [1.807, 2.05) is 31.3 Å². The smallest absolute Gasteiger partial charge is 0.314 e. The largest absolute Gasteiger partial charge is 0.488 e. The highest BCUT2D eigenvalue weighted by atomic mass is 16.5. The first-order valence-corrected chi connectivity index (χ1v) is 7.97. The van der Waals surface area contributed by atoms with Gasteiger partial charge in [0, 0.05) is 18.7 Å². The monoisotopic (exact) mass is 314 g/mol. The Morgan fingerprint density at radius 1 is 1.39 bits per heavy atom. The van der Waals surface area contributed by atoms with Gasteiger partial charge in [-0.2, -0.15) is 5.10 Å². The molecule has 0 saturated heterocycles. The zero-order chi connectivity index (χ0) is 16.1. The van der Waals surface area contributed by atoms with E-state index in [0.29, 0.717) is 13.1 Å². The fourth-order valence-electron chi connectivity index (χ4n) is 2.75. The van der Waals surface area contributed by atoms with Gasteiger partial charge < -0.3 is 15.4 Å². The molecule has 23 heavy (non-hydrogen) atoms. The number of nitrogens with zero attached hydrogens (tertiary/aromatic N) is 1. The van der Waals surface area contributed by atoms with Gasteiger partial charge in [-0.3, -0.25) is 5.10 Å². The van der Waals surface area contributed by atoms with Crippen LogP contribution in [0.15, 0.2) is 30.5 Å². The third-order valence-corrected chi connectivity index (χ3v) is 4.05. The Morgan fingerprint density at radius 2 is 2.26 bits per heavy atom. The number of aryl methyl sites for hydroxylation is 2. The highest BCUT2D eigenvalue weighted by Crippen LogP contribution is 2.27. The summed E-state index contributed by atoms with van der Waals surface area (Å²) in [6, 6.07) is 7.85. The van der Waals surface area contributed by atoms with E-state index in [9.17, 15) is 4.79 Å². The average Bonchev–Trinajstić information content (AvgIpc) is 3.15. The van der Waals surface area contributed by atoms with Crippen molar-refractivity contribution in [2.24, 2.45) is 0 Å². The highest BCUT2D eigenvalue weighted by Gasteiger charge is 2.22. The number of para-hydroxylation sites is 1. The van der Waals surface area contributed by atoms with Gasteiger partial charge in [0.2, 0.25) is 0 Å². The molecule has 0 spiro atoms. The zero-order valence-electron chi connectivity index (χ0n) is 13.3. The van der Waals surface area contributed by atoms with Crippen molar-refractivity contribution in [3.63, 3.8) is 0 Å². The van der Waals surface area contributed by atoms with Crippen molar-refractivity contribution in [2.45, 2.75) is 32.3 Å². The number of nitrogens with one attached hydrogen (secondary N) is 3. The number of amides is 2. The van der Waals surface area contributed by atoms with Crippen LogP contribution in [0, 0.1) is 6.92 Å². The molecule has 0 saturated carbocycles. The van der Waals surface area contributed by atoms with Crippen LogP contribution in [-0.4, -0.2) is 35.4 Å². The van der Waals surface area contributed by atoms with E-state index >= 15 is 0 Å². The number of carbonyl (C=O) groups excluding carboxylic acids is 1. The van der Waals surface area contributed by atoms with Crippen LogP contribution >= 0.6 is 0 Å². The lowest BCUT2D eigenvalue weighted by atomic mass is 10.1. The first-order valence-electron chi connectivity index (χ1n) is 7.97. The van der Waals surface area contributed by atoms with E-state index in [2.05, 4.69) is 26.9 Å². The maximum absolute atomic E-state index is 11.8. The van der Waals surface area contributed by atoms with Crippen LogP contribution in [0.4, 0.5) is 4.79 Å². The second kappa shape index (κ2) is 7.17. The van der Waals surface area contributed by atoms with Crippen molar-refractivity contribution >= 4 is 6.03 Å². The summed E-state index contributed by atoms with van der Waals surface area (Å²) < 4.78 is 5.79. The Kier molecular flexibility index (Phi) is 4.80. The Morgan fingerprint density at radius 3 is 3.04 bits per heavy atom. The molecule has 122 valence electrons. The van der Waals surface area contributed by atoms with Gasteiger partial charge in [-0.15, -0.1) is 0 Å². The molecule has 2 heterocycles. The molecule has 1 aromatic carbocycles. The Balaban J connectivity index is 1.31. The van der Waals surface area contributed by atoms with Crippen molar-refractivity contribution in [1.29, 1.82) is 0 Å². The summed E-state index contributed by atoms with van der Waals surface area (Å²) in [5.41, 5.74) is 3.49. The van der Waals surface area contributed by atoms with Crippen LogP contribution in [-0.2, 0) is 12.8 Å². The number of hydrogen-bond donors (Lipinski definition) is 3. The number of fused-ring (bicyclic) bond motifs is 1. The summed E-state index contributed by atoms with van der Waals surface area (Å²) in [5, 5.41) is 12.6. The van der Waals surface area contributed by atoms with Crippen LogP contribution in [0.1, 0.15) is 23.2 Å². The molecule has 0 radical (unpaired) electrons. The maximum Gasteiger partial charge on any atom is 0.314 e.